The van der Waals surface area contributed by atoms with Gasteiger partial charge in [-0.2, -0.15) is 0 Å². The van der Waals surface area contributed by atoms with E-state index in [0.29, 0.717) is 61.0 Å². The highest BCUT2D eigenvalue weighted by Crippen LogP contribution is 2.44. The average molecular weight is 944 g/mol. The monoisotopic (exact) mass is 943 g/mol. The van der Waals surface area contributed by atoms with Crippen LogP contribution in [0.5, 0.6) is 0 Å². The maximum atomic E-state index is 14.1. The second kappa shape index (κ2) is 19.0. The van der Waals surface area contributed by atoms with E-state index in [9.17, 15) is 18.0 Å². The second-order valence-electron chi connectivity index (χ2n) is 19.2. The molecule has 4 aliphatic rings. The van der Waals surface area contributed by atoms with Crippen molar-refractivity contribution in [3.8, 4) is 11.1 Å². The Morgan fingerprint density at radius 1 is 0.926 bits per heavy atom. The number of ether oxygens (including phenoxy) is 4. The molecular weight excluding hydrogens is 883 g/mol. The molecule has 1 aliphatic carbocycles. The summed E-state index contributed by atoms with van der Waals surface area (Å²) in [6.07, 6.45) is 8.69. The van der Waals surface area contributed by atoms with Gasteiger partial charge in [0, 0.05) is 80.6 Å². The predicted octanol–water partition coefficient (Wildman–Crippen LogP) is 7.50. The van der Waals surface area contributed by atoms with Gasteiger partial charge in [-0.3, -0.25) is 4.79 Å². The number of anilines is 1. The molecule has 4 atom stereocenters. The van der Waals surface area contributed by atoms with E-state index < -0.39 is 27.5 Å². The molecule has 68 heavy (non-hydrogen) atoms. The SMILES string of the molecule is Cc1ccc(S(=O)(=O)n2ccc3c(-c4ccc5nc(N6CCC(COC(=O)N7CC(C)NCC7C)CC6)nc(C(COC6CCCCO6)(OC6CC6)c6ccccc6)c5c4)cn(C)c(=O)c32)cc1. The summed E-state index contributed by atoms with van der Waals surface area (Å²) in [7, 11) is -2.48. The first kappa shape index (κ1) is 46.1. The molecule has 3 aromatic carbocycles. The number of amides is 1. The van der Waals surface area contributed by atoms with Gasteiger partial charge < -0.3 is 38.6 Å². The smallest absolute Gasteiger partial charge is 0.410 e. The minimum absolute atomic E-state index is 0.0212. The van der Waals surface area contributed by atoms with Gasteiger partial charge in [0.25, 0.3) is 15.6 Å². The van der Waals surface area contributed by atoms with Crippen molar-refractivity contribution < 1.29 is 32.2 Å². The fraction of sp³-hybridized carbons (Fsp3) is 0.462. The van der Waals surface area contributed by atoms with E-state index in [1.807, 2.05) is 55.1 Å². The van der Waals surface area contributed by atoms with Crippen molar-refractivity contribution >= 4 is 43.9 Å². The number of benzene rings is 3. The Labute approximate surface area is 397 Å². The zero-order valence-electron chi connectivity index (χ0n) is 39.3. The third-order valence-corrected chi connectivity index (χ3v) is 15.7. The first-order valence-corrected chi connectivity index (χ1v) is 25.6. The lowest BCUT2D eigenvalue weighted by molar-refractivity contribution is -0.197. The second-order valence-corrected chi connectivity index (χ2v) is 21.0. The summed E-state index contributed by atoms with van der Waals surface area (Å²) >= 11 is 0. The van der Waals surface area contributed by atoms with Gasteiger partial charge in [-0.15, -0.1) is 0 Å². The lowest BCUT2D eigenvalue weighted by atomic mass is 9.87. The quantitative estimate of drug-likeness (QED) is 0.122. The number of nitrogens with one attached hydrogen (secondary N) is 1. The maximum absolute atomic E-state index is 14.1. The van der Waals surface area contributed by atoms with Crippen molar-refractivity contribution in [1.82, 2.24) is 28.7 Å². The molecule has 3 aliphatic heterocycles. The Kier molecular flexibility index (Phi) is 12.9. The number of nitrogens with zero attached hydrogens (tertiary/aromatic N) is 6. The molecule has 0 spiro atoms. The van der Waals surface area contributed by atoms with Crippen molar-refractivity contribution in [3.63, 3.8) is 0 Å². The van der Waals surface area contributed by atoms with Crippen LogP contribution in [0.2, 0.25) is 0 Å². The van der Waals surface area contributed by atoms with Crippen molar-refractivity contribution in [2.75, 3.05) is 50.9 Å². The van der Waals surface area contributed by atoms with Crippen LogP contribution in [0.15, 0.2) is 101 Å². The molecule has 0 bridgehead atoms. The normalized spacial score (nSPS) is 21.6. The van der Waals surface area contributed by atoms with E-state index in [1.165, 1.54) is 10.8 Å². The Bertz CT molecular complexity index is 2960. The summed E-state index contributed by atoms with van der Waals surface area (Å²) in [6, 6.07) is 24.7. The predicted molar refractivity (Wildman–Crippen MR) is 260 cm³/mol. The van der Waals surface area contributed by atoms with E-state index in [1.54, 1.807) is 43.6 Å². The van der Waals surface area contributed by atoms with Crippen molar-refractivity contribution in [3.05, 3.63) is 118 Å². The molecule has 6 aromatic rings. The zero-order valence-corrected chi connectivity index (χ0v) is 40.1. The molecular formula is C52H61N7O8S. The van der Waals surface area contributed by atoms with E-state index in [2.05, 4.69) is 29.3 Å². The summed E-state index contributed by atoms with van der Waals surface area (Å²) in [4.78, 5) is 42.0. The van der Waals surface area contributed by atoms with Gasteiger partial charge in [0.1, 0.15) is 5.52 Å². The number of aryl methyl sites for hydroxylation is 2. The summed E-state index contributed by atoms with van der Waals surface area (Å²) < 4.78 is 56.8. The lowest BCUT2D eigenvalue weighted by Crippen LogP contribution is -2.56. The number of piperidine rings is 1. The molecule has 10 rings (SSSR count). The van der Waals surface area contributed by atoms with Crippen LogP contribution in [-0.4, -0.2) is 108 Å². The molecule has 1 saturated carbocycles. The fourth-order valence-corrected chi connectivity index (χ4v) is 11.2. The molecule has 3 aromatic heterocycles. The summed E-state index contributed by atoms with van der Waals surface area (Å²) in [5.74, 6) is 0.759. The van der Waals surface area contributed by atoms with Crippen LogP contribution < -0.4 is 15.8 Å². The van der Waals surface area contributed by atoms with Gasteiger partial charge in [0.2, 0.25) is 5.95 Å². The molecule has 4 unspecified atom stereocenters. The van der Waals surface area contributed by atoms with Gasteiger partial charge in [-0.05, 0) is 113 Å². The molecule has 1 amide bonds. The van der Waals surface area contributed by atoms with Crippen molar-refractivity contribution in [1.29, 1.82) is 0 Å². The first-order chi connectivity index (χ1) is 32.9. The van der Waals surface area contributed by atoms with Gasteiger partial charge >= 0.3 is 6.09 Å². The number of pyridine rings is 1. The number of hydrogen-bond donors (Lipinski definition) is 1. The highest BCUT2D eigenvalue weighted by atomic mass is 32.2. The Balaban J connectivity index is 1.06. The molecule has 0 radical (unpaired) electrons. The molecule has 6 heterocycles. The zero-order chi connectivity index (χ0) is 47.2. The summed E-state index contributed by atoms with van der Waals surface area (Å²) in [5, 5.41) is 4.65. The summed E-state index contributed by atoms with van der Waals surface area (Å²) in [5.41, 5.74) is 2.99. The van der Waals surface area contributed by atoms with Gasteiger partial charge in [-0.1, -0.05) is 54.1 Å². The van der Waals surface area contributed by atoms with E-state index in [4.69, 9.17) is 28.9 Å². The van der Waals surface area contributed by atoms with Gasteiger partial charge in [0.05, 0.1) is 35.4 Å². The number of rotatable bonds is 13. The van der Waals surface area contributed by atoms with Crippen LogP contribution in [0.1, 0.15) is 75.6 Å². The topological polar surface area (TPSA) is 159 Å². The minimum atomic E-state index is -4.11. The molecule has 4 fully saturated rings. The summed E-state index contributed by atoms with van der Waals surface area (Å²) in [6.45, 7) is 9.83. The van der Waals surface area contributed by atoms with E-state index in [0.717, 1.165) is 77.5 Å². The number of carbonyl (C=O) groups excluding carboxylic acids is 1. The fourth-order valence-electron chi connectivity index (χ4n) is 9.84. The molecule has 16 heteroatoms. The number of fused-ring (bicyclic) bond motifs is 2. The number of carbonyl (C=O) groups is 1. The maximum Gasteiger partial charge on any atom is 0.410 e. The Morgan fingerprint density at radius 3 is 2.44 bits per heavy atom. The van der Waals surface area contributed by atoms with Crippen molar-refractivity contribution in [2.45, 2.75) is 101 Å². The molecule has 15 nitrogen and oxygen atoms in total. The third-order valence-electron chi connectivity index (χ3n) is 14.0. The van der Waals surface area contributed by atoms with Crippen molar-refractivity contribution in [2.24, 2.45) is 13.0 Å². The first-order valence-electron chi connectivity index (χ1n) is 24.1. The number of piperazine rings is 1. The Morgan fingerprint density at radius 2 is 1.71 bits per heavy atom. The highest BCUT2D eigenvalue weighted by Gasteiger charge is 2.45. The standard InChI is InChI=1S/C52H61N7O8S/c1-34-13-18-41(19-14-34)68(62,63)59-26-23-42-44(31-56(4)49(60)47(42)59)38-15-20-45-43(28-38)48(52(67-40-16-17-40,39-10-6-5-7-11-39)33-66-46-12-8-9-27-64-46)55-50(54-45)57-24-21-37(22-25-57)32-65-51(61)58-30-35(2)53-29-36(58)3/h5-7,10-11,13-15,18-20,23,26,28,31,35-37,40,46,53H,8-9,12,16-17,21-22,24-25,27,29-30,32-33H2,1-4H3. The minimum Gasteiger partial charge on any atom is -0.449 e. The number of aromatic nitrogens is 4. The van der Waals surface area contributed by atoms with Crippen LogP contribution in [0.25, 0.3) is 32.9 Å². The molecule has 1 N–H and O–H groups in total. The van der Waals surface area contributed by atoms with Crippen LogP contribution in [-0.2, 0) is 41.6 Å². The van der Waals surface area contributed by atoms with Gasteiger partial charge in [-0.25, -0.2) is 27.2 Å². The third kappa shape index (κ3) is 9.16. The molecule has 358 valence electrons. The lowest BCUT2D eigenvalue weighted by Gasteiger charge is -2.38. The average Bonchev–Trinajstić information content (AvgIpc) is 4.06. The Hall–Kier alpha value is -5.65. The van der Waals surface area contributed by atoms with Crippen LogP contribution in [0, 0.1) is 12.8 Å². The van der Waals surface area contributed by atoms with Crippen LogP contribution in [0.4, 0.5) is 10.7 Å². The number of hydrogen-bond acceptors (Lipinski definition) is 12. The van der Waals surface area contributed by atoms with Gasteiger partial charge in [0.15, 0.2) is 11.9 Å². The highest BCUT2D eigenvalue weighted by molar-refractivity contribution is 7.90. The van der Waals surface area contributed by atoms with Crippen LogP contribution >= 0.6 is 0 Å². The van der Waals surface area contributed by atoms with E-state index in [-0.39, 0.29) is 47.2 Å². The van der Waals surface area contributed by atoms with E-state index >= 15 is 0 Å². The molecule has 3 saturated heterocycles. The largest absolute Gasteiger partial charge is 0.449 e. The van der Waals surface area contributed by atoms with Crippen LogP contribution in [0.3, 0.4) is 0 Å².